The second-order valence-electron chi connectivity index (χ2n) is 2.94. The third-order valence-electron chi connectivity index (χ3n) is 1.92. The van der Waals surface area contributed by atoms with Gasteiger partial charge in [-0.2, -0.15) is 0 Å². The molecular formula is C10H7ClIN. The molecule has 1 nitrogen and oxygen atoms in total. The van der Waals surface area contributed by atoms with Gasteiger partial charge in [-0.15, -0.1) is 0 Å². The summed E-state index contributed by atoms with van der Waals surface area (Å²) in [5.41, 5.74) is 2.16. The number of aromatic nitrogens is 1. The number of nitrogens with zero attached hydrogens (tertiary/aromatic N) is 1. The Labute approximate surface area is 95.3 Å². The normalized spacial score (nSPS) is 10.7. The molecule has 0 aliphatic rings. The molecule has 0 spiro atoms. The summed E-state index contributed by atoms with van der Waals surface area (Å²) < 4.78 is 0.998. The molecule has 0 saturated carbocycles. The van der Waals surface area contributed by atoms with Crippen LogP contribution in [0.1, 0.15) is 5.56 Å². The van der Waals surface area contributed by atoms with E-state index in [9.17, 15) is 0 Å². The zero-order valence-corrected chi connectivity index (χ0v) is 9.93. The summed E-state index contributed by atoms with van der Waals surface area (Å²) in [6.07, 6.45) is 1.79. The van der Waals surface area contributed by atoms with Crippen LogP contribution in [0.25, 0.3) is 10.9 Å². The first-order chi connectivity index (χ1) is 6.18. The Morgan fingerprint density at radius 3 is 2.92 bits per heavy atom. The van der Waals surface area contributed by atoms with Gasteiger partial charge in [0, 0.05) is 11.6 Å². The third kappa shape index (κ3) is 1.65. The van der Waals surface area contributed by atoms with Gasteiger partial charge in [0.1, 0.15) is 0 Å². The predicted molar refractivity (Wildman–Crippen MR) is 64.2 cm³/mol. The molecule has 0 bridgehead atoms. The van der Waals surface area contributed by atoms with Crippen molar-refractivity contribution in [1.82, 2.24) is 4.98 Å². The van der Waals surface area contributed by atoms with Crippen molar-refractivity contribution in [3.8, 4) is 0 Å². The predicted octanol–water partition coefficient (Wildman–Crippen LogP) is 3.80. The first-order valence-corrected chi connectivity index (χ1v) is 5.34. The molecule has 1 aromatic heterocycles. The highest BCUT2D eigenvalue weighted by Gasteiger charge is 2.03. The molecule has 0 fully saturated rings. The van der Waals surface area contributed by atoms with E-state index < -0.39 is 0 Å². The van der Waals surface area contributed by atoms with Crippen molar-refractivity contribution < 1.29 is 0 Å². The first kappa shape index (κ1) is 9.21. The molecule has 13 heavy (non-hydrogen) atoms. The van der Waals surface area contributed by atoms with Crippen LogP contribution in [0, 0.1) is 10.5 Å². The topological polar surface area (TPSA) is 12.9 Å². The van der Waals surface area contributed by atoms with E-state index in [0.717, 1.165) is 19.5 Å². The van der Waals surface area contributed by atoms with E-state index in [1.54, 1.807) is 6.20 Å². The zero-order chi connectivity index (χ0) is 9.42. The number of hydrogen-bond donors (Lipinski definition) is 0. The van der Waals surface area contributed by atoms with E-state index in [2.05, 4.69) is 40.6 Å². The molecular weight excluding hydrogens is 296 g/mol. The van der Waals surface area contributed by atoms with Gasteiger partial charge in [0.15, 0.2) is 0 Å². The maximum absolute atomic E-state index is 6.15. The van der Waals surface area contributed by atoms with Crippen molar-refractivity contribution in [2.45, 2.75) is 6.92 Å². The van der Waals surface area contributed by atoms with Gasteiger partial charge < -0.3 is 0 Å². The van der Waals surface area contributed by atoms with Crippen molar-refractivity contribution in [1.29, 1.82) is 0 Å². The molecule has 0 radical (unpaired) electrons. The number of halogens is 2. The van der Waals surface area contributed by atoms with Crippen molar-refractivity contribution in [2.75, 3.05) is 0 Å². The molecule has 0 saturated heterocycles. The van der Waals surface area contributed by atoms with Crippen LogP contribution in [0.15, 0.2) is 24.4 Å². The van der Waals surface area contributed by atoms with Crippen molar-refractivity contribution in [3.63, 3.8) is 0 Å². The minimum Gasteiger partial charge on any atom is -0.255 e. The van der Waals surface area contributed by atoms with Crippen LogP contribution in [0.4, 0.5) is 0 Å². The molecule has 2 rings (SSSR count). The lowest BCUT2D eigenvalue weighted by atomic mass is 10.1. The Morgan fingerprint density at radius 1 is 1.38 bits per heavy atom. The molecule has 66 valence electrons. The minimum atomic E-state index is 0.800. The van der Waals surface area contributed by atoms with E-state index in [0.29, 0.717) is 0 Å². The fourth-order valence-electron chi connectivity index (χ4n) is 1.25. The van der Waals surface area contributed by atoms with Gasteiger partial charge in [-0.1, -0.05) is 23.2 Å². The Hall–Kier alpha value is -0.350. The Kier molecular flexibility index (Phi) is 2.43. The van der Waals surface area contributed by atoms with Crippen LogP contribution < -0.4 is 0 Å². The second kappa shape index (κ2) is 3.42. The Bertz CT molecular complexity index is 462. The zero-order valence-electron chi connectivity index (χ0n) is 7.01. The van der Waals surface area contributed by atoms with E-state index in [4.69, 9.17) is 11.6 Å². The highest BCUT2D eigenvalue weighted by atomic mass is 127. The van der Waals surface area contributed by atoms with Gasteiger partial charge in [-0.05, 0) is 41.6 Å². The monoisotopic (exact) mass is 303 g/mol. The van der Waals surface area contributed by atoms with Crippen LogP contribution in [0.2, 0.25) is 5.02 Å². The average Bonchev–Trinajstić information content (AvgIpc) is 2.12. The number of rotatable bonds is 0. The summed E-state index contributed by atoms with van der Waals surface area (Å²) in [4.78, 5) is 4.29. The largest absolute Gasteiger partial charge is 0.255 e. The van der Waals surface area contributed by atoms with E-state index in [1.807, 2.05) is 12.1 Å². The highest BCUT2D eigenvalue weighted by Crippen LogP contribution is 2.27. The fourth-order valence-corrected chi connectivity index (χ4v) is 1.88. The molecule has 1 aromatic carbocycles. The van der Waals surface area contributed by atoms with Crippen LogP contribution >= 0.6 is 34.2 Å². The summed E-state index contributed by atoms with van der Waals surface area (Å²) in [5.74, 6) is 0. The van der Waals surface area contributed by atoms with Gasteiger partial charge in [-0.25, -0.2) is 0 Å². The molecule has 0 atom stereocenters. The molecule has 1 heterocycles. The minimum absolute atomic E-state index is 0.800. The Balaban J connectivity index is 2.89. The van der Waals surface area contributed by atoms with E-state index in [-0.39, 0.29) is 0 Å². The molecule has 3 heteroatoms. The number of pyridine rings is 1. The standard InChI is InChI=1S/C10H7ClIN/c1-6-2-3-9-7(4-6)10(11)8(12)5-13-9/h2-5H,1H3. The van der Waals surface area contributed by atoms with Crippen molar-refractivity contribution in [2.24, 2.45) is 0 Å². The lowest BCUT2D eigenvalue weighted by molar-refractivity contribution is 1.37. The fraction of sp³-hybridized carbons (Fsp3) is 0.100. The molecule has 0 N–H and O–H groups in total. The van der Waals surface area contributed by atoms with Crippen LogP contribution in [0.3, 0.4) is 0 Å². The SMILES string of the molecule is Cc1ccc2ncc(I)c(Cl)c2c1. The van der Waals surface area contributed by atoms with Crippen LogP contribution in [-0.4, -0.2) is 4.98 Å². The lowest BCUT2D eigenvalue weighted by Crippen LogP contribution is -1.84. The van der Waals surface area contributed by atoms with Gasteiger partial charge >= 0.3 is 0 Å². The lowest BCUT2D eigenvalue weighted by Gasteiger charge is -2.02. The smallest absolute Gasteiger partial charge is 0.0717 e. The number of aryl methyl sites for hydroxylation is 1. The summed E-state index contributed by atoms with van der Waals surface area (Å²) in [7, 11) is 0. The number of benzene rings is 1. The number of fused-ring (bicyclic) bond motifs is 1. The highest BCUT2D eigenvalue weighted by molar-refractivity contribution is 14.1. The van der Waals surface area contributed by atoms with E-state index >= 15 is 0 Å². The molecule has 0 aliphatic carbocycles. The summed E-state index contributed by atoms with van der Waals surface area (Å²) in [6, 6.07) is 6.10. The van der Waals surface area contributed by atoms with Gasteiger partial charge in [0.05, 0.1) is 14.1 Å². The quantitative estimate of drug-likeness (QED) is 0.675. The maximum atomic E-state index is 6.15. The summed E-state index contributed by atoms with van der Waals surface area (Å²) in [6.45, 7) is 2.05. The van der Waals surface area contributed by atoms with Gasteiger partial charge in [0.2, 0.25) is 0 Å². The summed E-state index contributed by atoms with van der Waals surface area (Å²) >= 11 is 8.34. The molecule has 0 aliphatic heterocycles. The van der Waals surface area contributed by atoms with Gasteiger partial charge in [-0.3, -0.25) is 4.98 Å². The van der Waals surface area contributed by atoms with Crippen molar-refractivity contribution >= 4 is 45.1 Å². The maximum Gasteiger partial charge on any atom is 0.0717 e. The van der Waals surface area contributed by atoms with Crippen LogP contribution in [0.5, 0.6) is 0 Å². The third-order valence-corrected chi connectivity index (χ3v) is 3.46. The second-order valence-corrected chi connectivity index (χ2v) is 4.48. The van der Waals surface area contributed by atoms with Crippen LogP contribution in [-0.2, 0) is 0 Å². The molecule has 2 aromatic rings. The average molecular weight is 304 g/mol. The molecule has 0 amide bonds. The first-order valence-electron chi connectivity index (χ1n) is 3.89. The van der Waals surface area contributed by atoms with Gasteiger partial charge in [0.25, 0.3) is 0 Å². The Morgan fingerprint density at radius 2 is 2.15 bits per heavy atom. The molecule has 0 unspecified atom stereocenters. The van der Waals surface area contributed by atoms with E-state index in [1.165, 1.54) is 5.56 Å². The van der Waals surface area contributed by atoms with Crippen molar-refractivity contribution in [3.05, 3.63) is 38.6 Å². The number of hydrogen-bond acceptors (Lipinski definition) is 1. The summed E-state index contributed by atoms with van der Waals surface area (Å²) in [5, 5.41) is 1.84.